The van der Waals surface area contributed by atoms with Gasteiger partial charge in [-0.25, -0.2) is 0 Å². The highest BCUT2D eigenvalue weighted by Gasteiger charge is 2.20. The number of nitrogens with one attached hydrogen (secondary N) is 1. The largest absolute Gasteiger partial charge is 0.466 e. The summed E-state index contributed by atoms with van der Waals surface area (Å²) in [6.45, 7) is 3.99. The van der Waals surface area contributed by atoms with E-state index >= 15 is 0 Å². The Morgan fingerprint density at radius 3 is 2.32 bits per heavy atom. The van der Waals surface area contributed by atoms with Gasteiger partial charge in [-0.1, -0.05) is 61.5 Å². The highest BCUT2D eigenvalue weighted by Crippen LogP contribution is 2.20. The zero-order valence-electron chi connectivity index (χ0n) is 14.8. The first-order chi connectivity index (χ1) is 12.1. The quantitative estimate of drug-likeness (QED) is 0.561. The SMILES string of the molecule is CCOC(=O)C(C)CC(Cc1ccc(-c2ccccc2)cc1)NC=O. The van der Waals surface area contributed by atoms with E-state index in [4.69, 9.17) is 4.74 Å². The molecule has 0 bridgehead atoms. The van der Waals surface area contributed by atoms with Gasteiger partial charge in [-0.15, -0.1) is 0 Å². The van der Waals surface area contributed by atoms with Gasteiger partial charge in [0.1, 0.15) is 0 Å². The molecule has 0 radical (unpaired) electrons. The van der Waals surface area contributed by atoms with Crippen LogP contribution >= 0.6 is 0 Å². The molecule has 0 fully saturated rings. The second-order valence-corrected chi connectivity index (χ2v) is 6.14. The molecule has 0 saturated heterocycles. The third-order valence-electron chi connectivity index (χ3n) is 4.17. The van der Waals surface area contributed by atoms with Crippen LogP contribution in [0, 0.1) is 5.92 Å². The molecule has 0 aromatic heterocycles. The molecular weight excluding hydrogens is 314 g/mol. The Bertz CT molecular complexity index is 667. The zero-order valence-corrected chi connectivity index (χ0v) is 14.8. The Balaban J connectivity index is 2.01. The predicted octanol–water partition coefficient (Wildman–Crippen LogP) is 3.60. The van der Waals surface area contributed by atoms with Crippen molar-refractivity contribution in [1.82, 2.24) is 5.32 Å². The van der Waals surface area contributed by atoms with Crippen molar-refractivity contribution in [3.63, 3.8) is 0 Å². The molecule has 4 nitrogen and oxygen atoms in total. The molecule has 132 valence electrons. The van der Waals surface area contributed by atoms with Gasteiger partial charge in [0.05, 0.1) is 12.5 Å². The lowest BCUT2D eigenvalue weighted by Gasteiger charge is -2.20. The van der Waals surface area contributed by atoms with E-state index in [2.05, 4.69) is 41.7 Å². The number of rotatable bonds is 9. The third-order valence-corrected chi connectivity index (χ3v) is 4.17. The summed E-state index contributed by atoms with van der Waals surface area (Å²) in [7, 11) is 0. The van der Waals surface area contributed by atoms with Crippen molar-refractivity contribution in [1.29, 1.82) is 0 Å². The Morgan fingerprint density at radius 1 is 1.08 bits per heavy atom. The van der Waals surface area contributed by atoms with Crippen LogP contribution in [0.5, 0.6) is 0 Å². The van der Waals surface area contributed by atoms with Crippen molar-refractivity contribution in [2.75, 3.05) is 6.61 Å². The van der Waals surface area contributed by atoms with Crippen LogP contribution < -0.4 is 5.32 Å². The molecule has 1 amide bonds. The fraction of sp³-hybridized carbons (Fsp3) is 0.333. The Hall–Kier alpha value is -2.62. The molecule has 25 heavy (non-hydrogen) atoms. The molecule has 0 aliphatic heterocycles. The van der Waals surface area contributed by atoms with Gasteiger partial charge in [0, 0.05) is 6.04 Å². The first-order valence-corrected chi connectivity index (χ1v) is 8.64. The molecule has 0 aliphatic carbocycles. The second kappa shape index (κ2) is 9.62. The van der Waals surface area contributed by atoms with Crippen LogP contribution in [-0.4, -0.2) is 25.0 Å². The van der Waals surface area contributed by atoms with E-state index in [-0.39, 0.29) is 17.9 Å². The molecular formula is C21H25NO3. The number of carbonyl (C=O) groups excluding carboxylic acids is 2. The van der Waals surface area contributed by atoms with E-state index in [9.17, 15) is 9.59 Å². The van der Waals surface area contributed by atoms with Crippen LogP contribution in [0.25, 0.3) is 11.1 Å². The molecule has 0 aliphatic rings. The van der Waals surface area contributed by atoms with Gasteiger partial charge < -0.3 is 10.1 Å². The summed E-state index contributed by atoms with van der Waals surface area (Å²) in [5.41, 5.74) is 3.45. The van der Waals surface area contributed by atoms with Crippen molar-refractivity contribution in [2.45, 2.75) is 32.7 Å². The average molecular weight is 339 g/mol. The Labute approximate surface area is 149 Å². The van der Waals surface area contributed by atoms with E-state index in [0.717, 1.165) is 11.1 Å². The number of benzene rings is 2. The maximum atomic E-state index is 11.8. The number of hydrogen-bond acceptors (Lipinski definition) is 3. The first kappa shape index (κ1) is 18.7. The van der Waals surface area contributed by atoms with Crippen molar-refractivity contribution < 1.29 is 14.3 Å². The maximum absolute atomic E-state index is 11.8. The van der Waals surface area contributed by atoms with E-state index in [1.54, 1.807) is 6.92 Å². The highest BCUT2D eigenvalue weighted by molar-refractivity contribution is 5.72. The Morgan fingerprint density at radius 2 is 1.72 bits per heavy atom. The van der Waals surface area contributed by atoms with Crippen LogP contribution in [0.1, 0.15) is 25.8 Å². The lowest BCUT2D eigenvalue weighted by Crippen LogP contribution is -2.33. The number of amides is 1. The Kier molecular flexibility index (Phi) is 7.20. The number of hydrogen-bond donors (Lipinski definition) is 1. The van der Waals surface area contributed by atoms with Gasteiger partial charge in [-0.2, -0.15) is 0 Å². The van der Waals surface area contributed by atoms with Crippen molar-refractivity contribution in [3.05, 3.63) is 60.2 Å². The fourth-order valence-electron chi connectivity index (χ4n) is 2.86. The molecule has 2 rings (SSSR count). The molecule has 2 aromatic carbocycles. The normalized spacial score (nSPS) is 12.9. The molecule has 2 atom stereocenters. The molecule has 0 heterocycles. The molecule has 4 heteroatoms. The minimum absolute atomic E-state index is 0.0977. The van der Waals surface area contributed by atoms with Crippen LogP contribution in [-0.2, 0) is 20.7 Å². The van der Waals surface area contributed by atoms with Gasteiger partial charge >= 0.3 is 5.97 Å². The van der Waals surface area contributed by atoms with Crippen LogP contribution in [0.15, 0.2) is 54.6 Å². The summed E-state index contributed by atoms with van der Waals surface area (Å²) in [4.78, 5) is 22.7. The van der Waals surface area contributed by atoms with Crippen molar-refractivity contribution in [3.8, 4) is 11.1 Å². The van der Waals surface area contributed by atoms with Gasteiger partial charge in [0.25, 0.3) is 0 Å². The zero-order chi connectivity index (χ0) is 18.1. The smallest absolute Gasteiger partial charge is 0.308 e. The first-order valence-electron chi connectivity index (χ1n) is 8.64. The molecule has 0 spiro atoms. The fourth-order valence-corrected chi connectivity index (χ4v) is 2.86. The van der Waals surface area contributed by atoms with E-state index < -0.39 is 0 Å². The number of ether oxygens (including phenoxy) is 1. The summed E-state index contributed by atoms with van der Waals surface area (Å²) in [6.07, 6.45) is 1.93. The van der Waals surface area contributed by atoms with Crippen molar-refractivity contribution in [2.24, 2.45) is 5.92 Å². The second-order valence-electron chi connectivity index (χ2n) is 6.14. The van der Waals surface area contributed by atoms with Gasteiger partial charge in [-0.3, -0.25) is 9.59 Å². The molecule has 2 unspecified atom stereocenters. The van der Waals surface area contributed by atoms with Crippen LogP contribution in [0.3, 0.4) is 0 Å². The lowest BCUT2D eigenvalue weighted by atomic mass is 9.95. The minimum Gasteiger partial charge on any atom is -0.466 e. The maximum Gasteiger partial charge on any atom is 0.308 e. The summed E-state index contributed by atoms with van der Waals surface area (Å²) >= 11 is 0. The molecule has 1 N–H and O–H groups in total. The lowest BCUT2D eigenvalue weighted by molar-refractivity contribution is -0.147. The van der Waals surface area contributed by atoms with Crippen molar-refractivity contribution >= 4 is 12.4 Å². The summed E-state index contributed by atoms with van der Waals surface area (Å²) in [5.74, 6) is -0.472. The van der Waals surface area contributed by atoms with Gasteiger partial charge in [0.2, 0.25) is 6.41 Å². The van der Waals surface area contributed by atoms with Crippen LogP contribution in [0.4, 0.5) is 0 Å². The molecule has 0 saturated carbocycles. The summed E-state index contributed by atoms with van der Waals surface area (Å²) in [6, 6.07) is 18.4. The summed E-state index contributed by atoms with van der Waals surface area (Å²) < 4.78 is 5.04. The summed E-state index contributed by atoms with van der Waals surface area (Å²) in [5, 5.41) is 2.82. The monoisotopic (exact) mass is 339 g/mol. The van der Waals surface area contributed by atoms with Gasteiger partial charge in [0.15, 0.2) is 0 Å². The van der Waals surface area contributed by atoms with Crippen LogP contribution in [0.2, 0.25) is 0 Å². The third kappa shape index (κ3) is 5.75. The van der Waals surface area contributed by atoms with E-state index in [1.807, 2.05) is 25.1 Å². The number of carbonyl (C=O) groups is 2. The van der Waals surface area contributed by atoms with E-state index in [1.165, 1.54) is 5.56 Å². The number of esters is 1. The standard InChI is InChI=1S/C21H25NO3/c1-3-25-21(24)16(2)13-20(22-15-23)14-17-9-11-19(12-10-17)18-7-5-4-6-8-18/h4-12,15-16,20H,3,13-14H2,1-2H3,(H,22,23). The van der Waals surface area contributed by atoms with Gasteiger partial charge in [-0.05, 0) is 36.5 Å². The molecule has 2 aromatic rings. The topological polar surface area (TPSA) is 55.4 Å². The average Bonchev–Trinajstić information content (AvgIpc) is 2.63. The highest BCUT2D eigenvalue weighted by atomic mass is 16.5. The minimum atomic E-state index is -0.249. The predicted molar refractivity (Wildman–Crippen MR) is 99.0 cm³/mol. The van der Waals surface area contributed by atoms with E-state index in [0.29, 0.717) is 25.9 Å².